The Labute approximate surface area is 97.8 Å². The first-order chi connectivity index (χ1) is 7.59. The Bertz CT molecular complexity index is 233. The number of carbonyl (C=O) groups excluding carboxylic acids is 1. The van der Waals surface area contributed by atoms with Gasteiger partial charge in [-0.3, -0.25) is 4.79 Å². The molecule has 0 bridgehead atoms. The number of hydrogen-bond donors (Lipinski definition) is 3. The summed E-state index contributed by atoms with van der Waals surface area (Å²) in [5.41, 5.74) is -0.0516. The first-order valence-corrected chi connectivity index (χ1v) is 6.25. The third kappa shape index (κ3) is 4.10. The van der Waals surface area contributed by atoms with Crippen LogP contribution in [0.15, 0.2) is 0 Å². The highest BCUT2D eigenvalue weighted by atomic mass is 16.3. The SMILES string of the molecule is CCC(C)(CCO)NC1CCCNC(=O)C1. The zero-order valence-electron chi connectivity index (χ0n) is 10.4. The quantitative estimate of drug-likeness (QED) is 0.652. The van der Waals surface area contributed by atoms with Gasteiger partial charge in [-0.2, -0.15) is 0 Å². The van der Waals surface area contributed by atoms with E-state index >= 15 is 0 Å². The molecule has 2 unspecified atom stereocenters. The minimum atomic E-state index is -0.0516. The Morgan fingerprint density at radius 1 is 1.62 bits per heavy atom. The van der Waals surface area contributed by atoms with Crippen molar-refractivity contribution in [1.82, 2.24) is 10.6 Å². The van der Waals surface area contributed by atoms with Gasteiger partial charge in [0.1, 0.15) is 0 Å². The molecule has 1 aliphatic rings. The molecule has 0 aromatic carbocycles. The van der Waals surface area contributed by atoms with E-state index < -0.39 is 0 Å². The molecule has 0 aliphatic carbocycles. The van der Waals surface area contributed by atoms with Crippen LogP contribution in [0, 0.1) is 0 Å². The Balaban J connectivity index is 2.52. The Morgan fingerprint density at radius 3 is 3.00 bits per heavy atom. The number of rotatable bonds is 5. The maximum absolute atomic E-state index is 11.4. The first-order valence-electron chi connectivity index (χ1n) is 6.25. The fourth-order valence-electron chi connectivity index (χ4n) is 2.19. The summed E-state index contributed by atoms with van der Waals surface area (Å²) in [6, 6.07) is 0.249. The molecule has 1 aliphatic heterocycles. The molecular weight excluding hydrogens is 204 g/mol. The average molecular weight is 228 g/mol. The third-order valence-electron chi connectivity index (χ3n) is 3.48. The van der Waals surface area contributed by atoms with Crippen LogP contribution in [0.4, 0.5) is 0 Å². The van der Waals surface area contributed by atoms with Crippen molar-refractivity contribution in [2.24, 2.45) is 0 Å². The van der Waals surface area contributed by atoms with Gasteiger partial charge in [-0.15, -0.1) is 0 Å². The highest BCUT2D eigenvalue weighted by Gasteiger charge is 2.27. The molecule has 0 aromatic rings. The van der Waals surface area contributed by atoms with Gasteiger partial charge in [0.15, 0.2) is 0 Å². The van der Waals surface area contributed by atoms with Gasteiger partial charge >= 0.3 is 0 Å². The fourth-order valence-corrected chi connectivity index (χ4v) is 2.19. The number of hydrogen-bond acceptors (Lipinski definition) is 3. The second-order valence-electron chi connectivity index (χ2n) is 4.93. The van der Waals surface area contributed by atoms with E-state index in [1.165, 1.54) is 0 Å². The Morgan fingerprint density at radius 2 is 2.38 bits per heavy atom. The smallest absolute Gasteiger partial charge is 0.221 e. The molecule has 1 fully saturated rings. The topological polar surface area (TPSA) is 61.4 Å². The summed E-state index contributed by atoms with van der Waals surface area (Å²) in [5, 5.41) is 15.5. The summed E-state index contributed by atoms with van der Waals surface area (Å²) in [7, 11) is 0. The molecule has 94 valence electrons. The van der Waals surface area contributed by atoms with Gasteiger partial charge in [0.2, 0.25) is 5.91 Å². The maximum atomic E-state index is 11.4. The van der Waals surface area contributed by atoms with E-state index in [-0.39, 0.29) is 24.1 Å². The zero-order valence-corrected chi connectivity index (χ0v) is 10.4. The van der Waals surface area contributed by atoms with Crippen LogP contribution >= 0.6 is 0 Å². The molecule has 1 rings (SSSR count). The van der Waals surface area contributed by atoms with Crippen molar-refractivity contribution < 1.29 is 9.90 Å². The van der Waals surface area contributed by atoms with E-state index in [1.807, 2.05) is 0 Å². The van der Waals surface area contributed by atoms with E-state index in [4.69, 9.17) is 5.11 Å². The van der Waals surface area contributed by atoms with Crippen molar-refractivity contribution in [1.29, 1.82) is 0 Å². The van der Waals surface area contributed by atoms with Crippen molar-refractivity contribution in [2.75, 3.05) is 13.2 Å². The summed E-state index contributed by atoms with van der Waals surface area (Å²) in [6.07, 6.45) is 4.32. The molecular formula is C12H24N2O2. The predicted octanol–water partition coefficient (Wildman–Crippen LogP) is 0.796. The Kier molecular flexibility index (Phi) is 5.22. The van der Waals surface area contributed by atoms with Crippen LogP contribution in [-0.4, -0.2) is 35.7 Å². The van der Waals surface area contributed by atoms with Crippen molar-refractivity contribution in [2.45, 2.75) is 57.5 Å². The lowest BCUT2D eigenvalue weighted by atomic mass is 9.92. The summed E-state index contributed by atoms with van der Waals surface area (Å²) < 4.78 is 0. The van der Waals surface area contributed by atoms with E-state index in [2.05, 4.69) is 24.5 Å². The van der Waals surface area contributed by atoms with E-state index in [1.54, 1.807) is 0 Å². The monoisotopic (exact) mass is 228 g/mol. The van der Waals surface area contributed by atoms with Crippen molar-refractivity contribution >= 4 is 5.91 Å². The van der Waals surface area contributed by atoms with Gasteiger partial charge in [-0.05, 0) is 32.6 Å². The van der Waals surface area contributed by atoms with Crippen LogP contribution in [0.25, 0.3) is 0 Å². The Hall–Kier alpha value is -0.610. The van der Waals surface area contributed by atoms with Crippen LogP contribution in [0.2, 0.25) is 0 Å². The zero-order chi connectivity index (χ0) is 12.0. The highest BCUT2D eigenvalue weighted by molar-refractivity contribution is 5.76. The second kappa shape index (κ2) is 6.21. The molecule has 0 radical (unpaired) electrons. The van der Waals surface area contributed by atoms with E-state index in [0.717, 1.165) is 32.2 Å². The van der Waals surface area contributed by atoms with Crippen molar-refractivity contribution in [3.63, 3.8) is 0 Å². The first kappa shape index (κ1) is 13.5. The minimum absolute atomic E-state index is 0.0516. The lowest BCUT2D eigenvalue weighted by molar-refractivity contribution is -0.121. The highest BCUT2D eigenvalue weighted by Crippen LogP contribution is 2.18. The van der Waals surface area contributed by atoms with Crippen LogP contribution in [0.5, 0.6) is 0 Å². The van der Waals surface area contributed by atoms with Gasteiger partial charge in [-0.25, -0.2) is 0 Å². The van der Waals surface area contributed by atoms with E-state index in [9.17, 15) is 4.79 Å². The van der Waals surface area contributed by atoms with E-state index in [0.29, 0.717) is 6.42 Å². The lowest BCUT2D eigenvalue weighted by Crippen LogP contribution is -2.49. The maximum Gasteiger partial charge on any atom is 0.221 e. The largest absolute Gasteiger partial charge is 0.396 e. The molecule has 1 saturated heterocycles. The molecule has 3 N–H and O–H groups in total. The van der Waals surface area contributed by atoms with Crippen LogP contribution < -0.4 is 10.6 Å². The van der Waals surface area contributed by atoms with Crippen molar-refractivity contribution in [3.8, 4) is 0 Å². The summed E-state index contributed by atoms with van der Waals surface area (Å²) in [6.45, 7) is 5.21. The normalized spacial score (nSPS) is 25.7. The molecule has 4 heteroatoms. The molecule has 16 heavy (non-hydrogen) atoms. The van der Waals surface area contributed by atoms with Crippen LogP contribution in [0.3, 0.4) is 0 Å². The van der Waals surface area contributed by atoms with Gasteiger partial charge in [0.05, 0.1) is 0 Å². The van der Waals surface area contributed by atoms with Gasteiger partial charge < -0.3 is 15.7 Å². The number of aliphatic hydroxyl groups excluding tert-OH is 1. The minimum Gasteiger partial charge on any atom is -0.396 e. The molecule has 4 nitrogen and oxygen atoms in total. The number of amides is 1. The summed E-state index contributed by atoms with van der Waals surface area (Å²) in [4.78, 5) is 11.4. The van der Waals surface area contributed by atoms with Crippen LogP contribution in [-0.2, 0) is 4.79 Å². The third-order valence-corrected chi connectivity index (χ3v) is 3.48. The predicted molar refractivity (Wildman–Crippen MR) is 64.2 cm³/mol. The molecule has 2 atom stereocenters. The number of carbonyl (C=O) groups is 1. The second-order valence-corrected chi connectivity index (χ2v) is 4.93. The molecule has 1 heterocycles. The van der Waals surface area contributed by atoms with Gasteiger partial charge in [0, 0.05) is 31.2 Å². The average Bonchev–Trinajstić information content (AvgIpc) is 2.43. The fraction of sp³-hybridized carbons (Fsp3) is 0.917. The molecule has 0 saturated carbocycles. The number of aliphatic hydroxyl groups is 1. The van der Waals surface area contributed by atoms with Gasteiger partial charge in [-0.1, -0.05) is 6.92 Å². The summed E-state index contributed by atoms with van der Waals surface area (Å²) in [5.74, 6) is 0.137. The van der Waals surface area contributed by atoms with Gasteiger partial charge in [0.25, 0.3) is 0 Å². The summed E-state index contributed by atoms with van der Waals surface area (Å²) >= 11 is 0. The molecule has 0 spiro atoms. The number of nitrogens with one attached hydrogen (secondary N) is 2. The lowest BCUT2D eigenvalue weighted by Gasteiger charge is -2.33. The van der Waals surface area contributed by atoms with Crippen molar-refractivity contribution in [3.05, 3.63) is 0 Å². The standard InChI is InChI=1S/C12H24N2O2/c1-3-12(2,6-8-15)14-10-5-4-7-13-11(16)9-10/h10,14-15H,3-9H2,1-2H3,(H,13,16). The molecule has 0 aromatic heterocycles. The van der Waals surface area contributed by atoms with Crippen LogP contribution in [0.1, 0.15) is 46.0 Å². The molecule has 1 amide bonds.